The van der Waals surface area contributed by atoms with Crippen molar-refractivity contribution in [3.05, 3.63) is 35.9 Å². The maximum Gasteiger partial charge on any atom is 0.410 e. The number of carbonyl (C=O) groups excluding carboxylic acids is 1. The Bertz CT molecular complexity index is 447. The van der Waals surface area contributed by atoms with E-state index in [1.165, 1.54) is 0 Å². The number of carbonyl (C=O) groups is 1. The minimum absolute atomic E-state index is 0.198. The van der Waals surface area contributed by atoms with Crippen LogP contribution in [0.15, 0.2) is 30.3 Å². The van der Waals surface area contributed by atoms with Gasteiger partial charge in [-0.15, -0.1) is 0 Å². The summed E-state index contributed by atoms with van der Waals surface area (Å²) in [6.07, 6.45) is 1.42. The third-order valence-corrected chi connectivity index (χ3v) is 3.96. The van der Waals surface area contributed by atoms with E-state index in [9.17, 15) is 4.79 Å². The number of amides is 1. The second-order valence-corrected chi connectivity index (χ2v) is 5.30. The number of hydrogen-bond donors (Lipinski definition) is 1. The van der Waals surface area contributed by atoms with E-state index >= 15 is 0 Å². The number of hydrogen-bond acceptors (Lipinski definition) is 4. The molecule has 0 atom stereocenters. The van der Waals surface area contributed by atoms with Crippen LogP contribution in [0.5, 0.6) is 0 Å². The van der Waals surface area contributed by atoms with E-state index in [0.717, 1.165) is 31.6 Å². The quantitative estimate of drug-likeness (QED) is 0.894. The topological polar surface area (TPSA) is 50.8 Å². The second kappa shape index (κ2) is 5.81. The highest BCUT2D eigenvalue weighted by Crippen LogP contribution is 2.26. The molecule has 1 amide bonds. The van der Waals surface area contributed by atoms with Crippen LogP contribution in [-0.4, -0.2) is 43.0 Å². The standard InChI is InChI=1S/C15H20N2O3/c18-14(19-12-13-4-2-1-3-5-13)17-9-6-15(7-10-17)16-8-11-20-15/h1-5,16H,6-12H2. The van der Waals surface area contributed by atoms with Crippen LogP contribution in [0.2, 0.25) is 0 Å². The van der Waals surface area contributed by atoms with Crippen molar-refractivity contribution in [1.82, 2.24) is 10.2 Å². The minimum Gasteiger partial charge on any atom is -0.445 e. The molecule has 2 saturated heterocycles. The molecule has 2 fully saturated rings. The fourth-order valence-electron chi connectivity index (χ4n) is 2.76. The number of nitrogens with zero attached hydrogens (tertiary/aromatic N) is 1. The molecular weight excluding hydrogens is 256 g/mol. The number of piperidine rings is 1. The third kappa shape index (κ3) is 2.94. The van der Waals surface area contributed by atoms with E-state index in [4.69, 9.17) is 9.47 Å². The van der Waals surface area contributed by atoms with Gasteiger partial charge in [0.2, 0.25) is 0 Å². The van der Waals surface area contributed by atoms with Crippen LogP contribution >= 0.6 is 0 Å². The summed E-state index contributed by atoms with van der Waals surface area (Å²) in [5, 5.41) is 3.39. The third-order valence-electron chi connectivity index (χ3n) is 3.96. The summed E-state index contributed by atoms with van der Waals surface area (Å²) in [6.45, 7) is 3.36. The van der Waals surface area contributed by atoms with E-state index in [0.29, 0.717) is 19.7 Å². The molecule has 2 aliphatic rings. The molecule has 0 unspecified atom stereocenters. The summed E-state index contributed by atoms with van der Waals surface area (Å²) in [6, 6.07) is 9.74. The molecule has 108 valence electrons. The van der Waals surface area contributed by atoms with Crippen LogP contribution in [0.1, 0.15) is 18.4 Å². The van der Waals surface area contributed by atoms with E-state index in [-0.39, 0.29) is 11.8 Å². The highest BCUT2D eigenvalue weighted by atomic mass is 16.6. The number of rotatable bonds is 2. The lowest BCUT2D eigenvalue weighted by Crippen LogP contribution is -2.52. The first-order chi connectivity index (χ1) is 9.77. The summed E-state index contributed by atoms with van der Waals surface area (Å²) >= 11 is 0. The molecule has 0 saturated carbocycles. The van der Waals surface area contributed by atoms with E-state index in [1.54, 1.807) is 4.90 Å². The average Bonchev–Trinajstić information content (AvgIpc) is 2.95. The van der Waals surface area contributed by atoms with E-state index < -0.39 is 0 Å². The lowest BCUT2D eigenvalue weighted by molar-refractivity contribution is -0.0545. The molecule has 20 heavy (non-hydrogen) atoms. The normalized spacial score (nSPS) is 21.1. The van der Waals surface area contributed by atoms with Crippen LogP contribution in [0.3, 0.4) is 0 Å². The Balaban J connectivity index is 1.47. The van der Waals surface area contributed by atoms with Crippen molar-refractivity contribution >= 4 is 6.09 Å². The van der Waals surface area contributed by atoms with Gasteiger partial charge in [-0.05, 0) is 5.56 Å². The number of benzene rings is 1. The average molecular weight is 276 g/mol. The summed E-state index contributed by atoms with van der Waals surface area (Å²) in [5.74, 6) is 0. The fourth-order valence-corrected chi connectivity index (χ4v) is 2.76. The van der Waals surface area contributed by atoms with Gasteiger partial charge in [0.15, 0.2) is 0 Å². The molecular formula is C15H20N2O3. The highest BCUT2D eigenvalue weighted by molar-refractivity contribution is 5.67. The Morgan fingerprint density at radius 2 is 2.05 bits per heavy atom. The predicted octanol–water partition coefficient (Wildman–Crippen LogP) is 1.74. The molecule has 0 aliphatic carbocycles. The summed E-state index contributed by atoms with van der Waals surface area (Å²) < 4.78 is 11.1. The van der Waals surface area contributed by atoms with Gasteiger partial charge >= 0.3 is 6.09 Å². The molecule has 0 radical (unpaired) electrons. The Morgan fingerprint density at radius 1 is 1.30 bits per heavy atom. The van der Waals surface area contributed by atoms with Crippen molar-refractivity contribution in [3.63, 3.8) is 0 Å². The van der Waals surface area contributed by atoms with Gasteiger partial charge in [0.1, 0.15) is 12.3 Å². The van der Waals surface area contributed by atoms with Gasteiger partial charge in [-0.1, -0.05) is 30.3 Å². The molecule has 1 N–H and O–H groups in total. The lowest BCUT2D eigenvalue weighted by atomic mass is 10.0. The molecule has 2 aliphatic heterocycles. The molecule has 0 aromatic heterocycles. The maximum absolute atomic E-state index is 12.0. The Hall–Kier alpha value is -1.59. The van der Waals surface area contributed by atoms with Crippen LogP contribution in [0.4, 0.5) is 4.79 Å². The van der Waals surface area contributed by atoms with Crippen molar-refractivity contribution in [2.45, 2.75) is 25.2 Å². The van der Waals surface area contributed by atoms with Gasteiger partial charge in [-0.2, -0.15) is 0 Å². The molecule has 1 spiro atoms. The van der Waals surface area contributed by atoms with E-state index in [1.807, 2.05) is 30.3 Å². The fraction of sp³-hybridized carbons (Fsp3) is 0.533. The monoisotopic (exact) mass is 276 g/mol. The Labute approximate surface area is 118 Å². The van der Waals surface area contributed by atoms with Gasteiger partial charge in [0, 0.05) is 32.5 Å². The predicted molar refractivity (Wildman–Crippen MR) is 74.1 cm³/mol. The molecule has 1 aromatic rings. The minimum atomic E-state index is -0.235. The molecule has 3 rings (SSSR count). The van der Waals surface area contributed by atoms with Gasteiger partial charge in [0.25, 0.3) is 0 Å². The first kappa shape index (κ1) is 13.4. The zero-order valence-electron chi connectivity index (χ0n) is 11.5. The van der Waals surface area contributed by atoms with Gasteiger partial charge in [-0.3, -0.25) is 5.32 Å². The number of ether oxygens (including phenoxy) is 2. The first-order valence-electron chi connectivity index (χ1n) is 7.12. The van der Waals surface area contributed by atoms with Crippen LogP contribution in [0.25, 0.3) is 0 Å². The van der Waals surface area contributed by atoms with Crippen LogP contribution in [-0.2, 0) is 16.1 Å². The van der Waals surface area contributed by atoms with Gasteiger partial charge in [-0.25, -0.2) is 4.79 Å². The van der Waals surface area contributed by atoms with Crippen molar-refractivity contribution in [2.75, 3.05) is 26.2 Å². The first-order valence-corrected chi connectivity index (χ1v) is 7.12. The second-order valence-electron chi connectivity index (χ2n) is 5.30. The van der Waals surface area contributed by atoms with Crippen molar-refractivity contribution in [2.24, 2.45) is 0 Å². The Kier molecular flexibility index (Phi) is 3.89. The Morgan fingerprint density at radius 3 is 2.70 bits per heavy atom. The van der Waals surface area contributed by atoms with Crippen LogP contribution < -0.4 is 5.32 Å². The maximum atomic E-state index is 12.0. The molecule has 0 bridgehead atoms. The van der Waals surface area contributed by atoms with Gasteiger partial charge < -0.3 is 14.4 Å². The van der Waals surface area contributed by atoms with E-state index in [2.05, 4.69) is 5.32 Å². The SMILES string of the molecule is O=C(OCc1ccccc1)N1CCC2(CC1)NCCO2. The number of nitrogens with one attached hydrogen (secondary N) is 1. The molecule has 5 heteroatoms. The van der Waals surface area contributed by atoms with Crippen molar-refractivity contribution in [3.8, 4) is 0 Å². The number of likely N-dealkylation sites (tertiary alicyclic amines) is 1. The summed E-state index contributed by atoms with van der Waals surface area (Å²) in [4.78, 5) is 13.8. The van der Waals surface area contributed by atoms with Crippen molar-refractivity contribution in [1.29, 1.82) is 0 Å². The molecule has 1 aromatic carbocycles. The zero-order chi connectivity index (χ0) is 13.8. The highest BCUT2D eigenvalue weighted by Gasteiger charge is 2.39. The molecule has 5 nitrogen and oxygen atoms in total. The lowest BCUT2D eigenvalue weighted by Gasteiger charge is -2.37. The smallest absolute Gasteiger partial charge is 0.410 e. The summed E-state index contributed by atoms with van der Waals surface area (Å²) in [7, 11) is 0. The van der Waals surface area contributed by atoms with Gasteiger partial charge in [0.05, 0.1) is 6.61 Å². The van der Waals surface area contributed by atoms with Crippen LogP contribution in [0, 0.1) is 0 Å². The largest absolute Gasteiger partial charge is 0.445 e. The molecule has 2 heterocycles. The summed E-state index contributed by atoms with van der Waals surface area (Å²) in [5.41, 5.74) is 0.811. The van der Waals surface area contributed by atoms with Crippen molar-refractivity contribution < 1.29 is 14.3 Å². The zero-order valence-corrected chi connectivity index (χ0v) is 11.5.